The molecule has 0 saturated heterocycles. The van der Waals surface area contributed by atoms with Crippen molar-refractivity contribution in [1.29, 1.82) is 5.41 Å². The van der Waals surface area contributed by atoms with Crippen molar-refractivity contribution in [3.63, 3.8) is 0 Å². The summed E-state index contributed by atoms with van der Waals surface area (Å²) in [6, 6.07) is 12.8. The zero-order valence-electron chi connectivity index (χ0n) is 22.7. The highest BCUT2D eigenvalue weighted by Gasteiger charge is 2.15. The molecule has 2 aromatic carbocycles. The topological polar surface area (TPSA) is 151 Å². The van der Waals surface area contributed by atoms with Gasteiger partial charge >= 0.3 is 5.69 Å². The van der Waals surface area contributed by atoms with Crippen molar-refractivity contribution in [2.75, 3.05) is 13.1 Å². The van der Waals surface area contributed by atoms with Crippen LogP contribution in [0.25, 0.3) is 28.0 Å². The fraction of sp³-hybridized carbons (Fsp3) is 0.345. The second-order valence-corrected chi connectivity index (χ2v) is 10.5. The van der Waals surface area contributed by atoms with Gasteiger partial charge in [0.25, 0.3) is 0 Å². The lowest BCUT2D eigenvalue weighted by atomic mass is 10.0. The lowest BCUT2D eigenvalue weighted by Gasteiger charge is -2.15. The molecule has 0 unspecified atom stereocenters. The number of nitrogens with one attached hydrogen (secondary N) is 4. The number of fused-ring (bicyclic) bond motifs is 1. The third-order valence-corrected chi connectivity index (χ3v) is 7.18. The van der Waals surface area contributed by atoms with E-state index in [4.69, 9.17) is 28.5 Å². The molecule has 2 aromatic heterocycles. The molecule has 4 aromatic rings. The summed E-state index contributed by atoms with van der Waals surface area (Å²) in [6.45, 7) is 5.42. The maximum Gasteiger partial charge on any atom is 0.354 e. The van der Waals surface area contributed by atoms with Gasteiger partial charge in [0.05, 0.1) is 11.4 Å². The van der Waals surface area contributed by atoms with Gasteiger partial charge in [0.15, 0.2) is 5.96 Å². The number of rotatable bonds is 12. The first kappa shape index (κ1) is 29.3. The van der Waals surface area contributed by atoms with Crippen LogP contribution in [-0.4, -0.2) is 39.6 Å². The number of halogens is 2. The van der Waals surface area contributed by atoms with Crippen molar-refractivity contribution < 1.29 is 4.39 Å². The van der Waals surface area contributed by atoms with Gasteiger partial charge in [-0.25, -0.2) is 9.18 Å². The molecule has 2 heterocycles. The molecule has 0 bridgehead atoms. The number of guanidine groups is 1. The van der Waals surface area contributed by atoms with Gasteiger partial charge < -0.3 is 27.1 Å². The van der Waals surface area contributed by atoms with Gasteiger partial charge in [-0.1, -0.05) is 23.7 Å². The summed E-state index contributed by atoms with van der Waals surface area (Å²) in [6.07, 6.45) is 4.93. The molecule has 0 spiro atoms. The normalized spacial score (nSPS) is 12.9. The molecule has 11 heteroatoms. The predicted octanol–water partition coefficient (Wildman–Crippen LogP) is 4.37. The van der Waals surface area contributed by atoms with Crippen molar-refractivity contribution in [3.05, 3.63) is 81.1 Å². The van der Waals surface area contributed by atoms with E-state index in [9.17, 15) is 9.18 Å². The quantitative estimate of drug-likeness (QED) is 0.0851. The van der Waals surface area contributed by atoms with E-state index in [0.717, 1.165) is 36.9 Å². The lowest BCUT2D eigenvalue weighted by Crippen LogP contribution is -2.32. The minimum absolute atomic E-state index is 0.0301. The average molecular weight is 567 g/mol. The second kappa shape index (κ2) is 13.1. The molecule has 212 valence electrons. The molecule has 0 fully saturated rings. The van der Waals surface area contributed by atoms with Crippen LogP contribution in [0.1, 0.15) is 50.3 Å². The molecule has 4 rings (SSSR count). The Morgan fingerprint density at radius 3 is 2.62 bits per heavy atom. The Kier molecular flexibility index (Phi) is 9.57. The SMILES string of the molecule is C[C@H](N)CCCc1cc(-c2cc3cn(-c4ccc([C@H](C)NCCCNC(=N)N)cc4)c(=O)nc3[nH]2)c(F)cc1Cl. The van der Waals surface area contributed by atoms with Gasteiger partial charge in [0.2, 0.25) is 0 Å². The monoisotopic (exact) mass is 566 g/mol. The predicted molar refractivity (Wildman–Crippen MR) is 160 cm³/mol. The lowest BCUT2D eigenvalue weighted by molar-refractivity contribution is 0.555. The van der Waals surface area contributed by atoms with Gasteiger partial charge in [-0.15, -0.1) is 0 Å². The number of H-pyrrole nitrogens is 1. The van der Waals surface area contributed by atoms with Crippen LogP contribution in [0, 0.1) is 11.2 Å². The molecule has 0 aliphatic carbocycles. The zero-order chi connectivity index (χ0) is 28.8. The average Bonchev–Trinajstić information content (AvgIpc) is 3.31. The molecule has 2 atom stereocenters. The van der Waals surface area contributed by atoms with Crippen LogP contribution in [0.3, 0.4) is 0 Å². The molecule has 0 aliphatic heterocycles. The Morgan fingerprint density at radius 1 is 1.18 bits per heavy atom. The van der Waals surface area contributed by atoms with E-state index in [-0.39, 0.29) is 18.0 Å². The summed E-state index contributed by atoms with van der Waals surface area (Å²) in [5, 5.41) is 14.5. The van der Waals surface area contributed by atoms with E-state index < -0.39 is 11.5 Å². The first-order valence-electron chi connectivity index (χ1n) is 13.4. The maximum absolute atomic E-state index is 14.9. The largest absolute Gasteiger partial charge is 0.370 e. The third-order valence-electron chi connectivity index (χ3n) is 6.83. The summed E-state index contributed by atoms with van der Waals surface area (Å²) in [5.74, 6) is -0.478. The van der Waals surface area contributed by atoms with Gasteiger partial charge in [-0.05, 0) is 87.5 Å². The minimum Gasteiger partial charge on any atom is -0.370 e. The molecule has 0 aliphatic rings. The molecular weight excluding hydrogens is 531 g/mol. The fourth-order valence-corrected chi connectivity index (χ4v) is 4.85. The Hall–Kier alpha value is -3.73. The Labute approximate surface area is 237 Å². The molecule has 9 nitrogen and oxygen atoms in total. The van der Waals surface area contributed by atoms with E-state index in [1.54, 1.807) is 18.3 Å². The van der Waals surface area contributed by atoms with Crippen LogP contribution < -0.4 is 27.8 Å². The van der Waals surface area contributed by atoms with Crippen molar-refractivity contribution in [2.24, 2.45) is 11.5 Å². The van der Waals surface area contributed by atoms with Crippen LogP contribution in [-0.2, 0) is 6.42 Å². The standard InChI is InChI=1S/C29H36ClFN8O/c1-17(32)5-3-6-20-13-23(25(31)15-24(20)30)26-14-21-16-39(29(40)38-27(21)37-26)22-9-7-19(8-10-22)18(2)35-11-4-12-36-28(33)34/h7-10,13-18,35H,3-6,11-12,32H2,1-2H3,(H4,33,34,36)(H,37,38,40)/t17-,18-/m0/s1. The number of aromatic amines is 1. The number of aromatic nitrogens is 3. The van der Waals surface area contributed by atoms with E-state index in [1.807, 2.05) is 31.2 Å². The van der Waals surface area contributed by atoms with Gasteiger partial charge in [0.1, 0.15) is 11.5 Å². The Morgan fingerprint density at radius 2 is 1.93 bits per heavy atom. The number of nitrogens with zero attached hydrogens (tertiary/aromatic N) is 2. The molecule has 0 saturated carbocycles. The summed E-state index contributed by atoms with van der Waals surface area (Å²) in [5.41, 5.74) is 14.6. The zero-order valence-corrected chi connectivity index (χ0v) is 23.5. The number of hydrogen-bond donors (Lipinski definition) is 6. The maximum atomic E-state index is 14.9. The van der Waals surface area contributed by atoms with Crippen LogP contribution in [0.5, 0.6) is 0 Å². The highest BCUT2D eigenvalue weighted by Crippen LogP contribution is 2.31. The van der Waals surface area contributed by atoms with E-state index in [1.165, 1.54) is 10.6 Å². The third kappa shape index (κ3) is 7.26. The van der Waals surface area contributed by atoms with Crippen molar-refractivity contribution in [2.45, 2.75) is 51.6 Å². The van der Waals surface area contributed by atoms with Gasteiger partial charge in [-0.3, -0.25) is 9.98 Å². The van der Waals surface area contributed by atoms with Crippen LogP contribution in [0.2, 0.25) is 5.02 Å². The summed E-state index contributed by atoms with van der Waals surface area (Å²) in [7, 11) is 0. The Balaban J connectivity index is 1.52. The first-order chi connectivity index (χ1) is 19.1. The van der Waals surface area contributed by atoms with Gasteiger partial charge in [-0.2, -0.15) is 4.98 Å². The smallest absolute Gasteiger partial charge is 0.354 e. The number of hydrogen-bond acceptors (Lipinski definition) is 5. The van der Waals surface area contributed by atoms with Crippen molar-refractivity contribution >= 4 is 28.6 Å². The number of nitrogens with two attached hydrogens (primary N) is 2. The highest BCUT2D eigenvalue weighted by atomic mass is 35.5. The first-order valence-corrected chi connectivity index (χ1v) is 13.8. The minimum atomic E-state index is -0.448. The molecule has 0 amide bonds. The van der Waals surface area contributed by atoms with E-state index in [0.29, 0.717) is 46.0 Å². The van der Waals surface area contributed by atoms with E-state index in [2.05, 4.69) is 27.5 Å². The molecule has 40 heavy (non-hydrogen) atoms. The van der Waals surface area contributed by atoms with Crippen LogP contribution in [0.15, 0.2) is 53.5 Å². The molecular formula is C29H36ClFN8O. The van der Waals surface area contributed by atoms with Gasteiger partial charge in [0, 0.05) is 40.8 Å². The van der Waals surface area contributed by atoms with Crippen molar-refractivity contribution in [1.82, 2.24) is 25.2 Å². The van der Waals surface area contributed by atoms with Crippen molar-refractivity contribution in [3.8, 4) is 16.9 Å². The summed E-state index contributed by atoms with van der Waals surface area (Å²) < 4.78 is 16.4. The Bertz CT molecular complexity index is 1530. The highest BCUT2D eigenvalue weighted by molar-refractivity contribution is 6.31. The molecule has 8 N–H and O–H groups in total. The van der Waals surface area contributed by atoms with Crippen LogP contribution >= 0.6 is 11.6 Å². The second-order valence-electron chi connectivity index (χ2n) is 10.1. The summed E-state index contributed by atoms with van der Waals surface area (Å²) in [4.78, 5) is 20.2. The fourth-order valence-electron chi connectivity index (χ4n) is 4.60. The number of benzene rings is 2. The van der Waals surface area contributed by atoms with Crippen LogP contribution in [0.4, 0.5) is 4.39 Å². The molecule has 0 radical (unpaired) electrons. The van der Waals surface area contributed by atoms with E-state index >= 15 is 0 Å². The number of aryl methyl sites for hydroxylation is 1. The summed E-state index contributed by atoms with van der Waals surface area (Å²) >= 11 is 6.31.